The normalized spacial score (nSPS) is 10.5. The van der Waals surface area contributed by atoms with Gasteiger partial charge in [0.1, 0.15) is 12.4 Å². The van der Waals surface area contributed by atoms with E-state index >= 15 is 0 Å². The van der Waals surface area contributed by atoms with Gasteiger partial charge in [0.25, 0.3) is 0 Å². The Morgan fingerprint density at radius 2 is 1.48 bits per heavy atom. The van der Waals surface area contributed by atoms with Gasteiger partial charge in [0.15, 0.2) is 23.2 Å². The number of halogens is 4. The summed E-state index contributed by atoms with van der Waals surface area (Å²) in [5.41, 5.74) is -0.465. The molecule has 0 aliphatic heterocycles. The Morgan fingerprint density at radius 1 is 0.957 bits per heavy atom. The minimum Gasteiger partial charge on any atom is -0.491 e. The highest BCUT2D eigenvalue weighted by molar-refractivity contribution is 5.94. The summed E-state index contributed by atoms with van der Waals surface area (Å²) in [5.74, 6) is -7.52. The standard InChI is InChI=1S/C16H12F4O3/c1-8(21)9-3-5-10(6-4-9)23-7-11-12(17)14(19)16(22-2)15(20)13(11)18/h3-6H,7H2,1-2H3. The van der Waals surface area contributed by atoms with Crippen LogP contribution in [0.1, 0.15) is 22.8 Å². The number of hydrogen-bond donors (Lipinski definition) is 0. The quantitative estimate of drug-likeness (QED) is 0.472. The largest absolute Gasteiger partial charge is 0.491 e. The third-order valence-electron chi connectivity index (χ3n) is 3.16. The highest BCUT2D eigenvalue weighted by Gasteiger charge is 2.26. The van der Waals surface area contributed by atoms with Gasteiger partial charge in [0.2, 0.25) is 11.6 Å². The number of carbonyl (C=O) groups excluding carboxylic acids is 1. The van der Waals surface area contributed by atoms with Crippen molar-refractivity contribution < 1.29 is 31.8 Å². The number of ketones is 1. The van der Waals surface area contributed by atoms with Gasteiger partial charge >= 0.3 is 0 Å². The van der Waals surface area contributed by atoms with E-state index in [9.17, 15) is 22.4 Å². The molecule has 0 N–H and O–H groups in total. The number of Topliss-reactive ketones (excluding diaryl/α,β-unsaturated/α-hetero) is 1. The molecule has 23 heavy (non-hydrogen) atoms. The van der Waals surface area contributed by atoms with Gasteiger partial charge in [-0.1, -0.05) is 0 Å². The molecule has 7 heteroatoms. The molecular formula is C16H12F4O3. The number of methoxy groups -OCH3 is 1. The number of hydrogen-bond acceptors (Lipinski definition) is 3. The molecule has 0 aromatic heterocycles. The van der Waals surface area contributed by atoms with Crippen molar-refractivity contribution in [3.63, 3.8) is 0 Å². The molecule has 0 atom stereocenters. The van der Waals surface area contributed by atoms with Gasteiger partial charge < -0.3 is 9.47 Å². The molecular weight excluding hydrogens is 316 g/mol. The lowest BCUT2D eigenvalue weighted by Gasteiger charge is -2.12. The monoisotopic (exact) mass is 328 g/mol. The van der Waals surface area contributed by atoms with Crippen LogP contribution >= 0.6 is 0 Å². The van der Waals surface area contributed by atoms with Crippen LogP contribution in [0.15, 0.2) is 24.3 Å². The molecule has 122 valence electrons. The summed E-state index contributed by atoms with van der Waals surface area (Å²) in [7, 11) is 0.896. The first-order valence-electron chi connectivity index (χ1n) is 6.49. The van der Waals surface area contributed by atoms with Gasteiger partial charge in [-0.25, -0.2) is 8.78 Å². The lowest BCUT2D eigenvalue weighted by Crippen LogP contribution is -2.09. The molecule has 0 saturated carbocycles. The lowest BCUT2D eigenvalue weighted by molar-refractivity contribution is 0.101. The maximum atomic E-state index is 13.8. The van der Waals surface area contributed by atoms with E-state index in [-0.39, 0.29) is 11.5 Å². The van der Waals surface area contributed by atoms with Gasteiger partial charge in [-0.3, -0.25) is 4.79 Å². The van der Waals surface area contributed by atoms with E-state index in [0.29, 0.717) is 5.56 Å². The van der Waals surface area contributed by atoms with Gasteiger partial charge in [-0.05, 0) is 31.2 Å². The van der Waals surface area contributed by atoms with Crippen LogP contribution in [0.2, 0.25) is 0 Å². The molecule has 0 aliphatic carbocycles. The summed E-state index contributed by atoms with van der Waals surface area (Å²) in [5, 5.41) is 0. The number of rotatable bonds is 5. The molecule has 2 rings (SSSR count). The molecule has 0 spiro atoms. The van der Waals surface area contributed by atoms with Crippen molar-refractivity contribution in [3.05, 3.63) is 58.7 Å². The number of benzene rings is 2. The average Bonchev–Trinajstić information content (AvgIpc) is 2.54. The molecule has 0 amide bonds. The van der Waals surface area contributed by atoms with Crippen molar-refractivity contribution in [2.24, 2.45) is 0 Å². The second-order valence-electron chi connectivity index (χ2n) is 4.64. The SMILES string of the molecule is COc1c(F)c(F)c(COc2ccc(C(C)=O)cc2)c(F)c1F. The van der Waals surface area contributed by atoms with E-state index in [1.54, 1.807) is 0 Å². The second kappa shape index (κ2) is 6.68. The highest BCUT2D eigenvalue weighted by atomic mass is 19.2. The third-order valence-corrected chi connectivity index (χ3v) is 3.16. The smallest absolute Gasteiger partial charge is 0.204 e. The zero-order valence-electron chi connectivity index (χ0n) is 12.3. The Hall–Kier alpha value is -2.57. The first kappa shape index (κ1) is 16.8. The van der Waals surface area contributed by atoms with Crippen molar-refractivity contribution in [1.29, 1.82) is 0 Å². The summed E-state index contributed by atoms with van der Waals surface area (Å²) in [6.45, 7) is 0.651. The Morgan fingerprint density at radius 3 is 1.91 bits per heavy atom. The minimum absolute atomic E-state index is 0.159. The summed E-state index contributed by atoms with van der Waals surface area (Å²) in [6, 6.07) is 5.73. The van der Waals surface area contributed by atoms with Crippen LogP contribution in [0, 0.1) is 23.3 Å². The minimum atomic E-state index is -1.63. The van der Waals surface area contributed by atoms with E-state index in [0.717, 1.165) is 7.11 Å². The van der Waals surface area contributed by atoms with Crippen molar-refractivity contribution in [1.82, 2.24) is 0 Å². The first-order chi connectivity index (χ1) is 10.9. The maximum absolute atomic E-state index is 13.8. The Kier molecular flexibility index (Phi) is 4.88. The average molecular weight is 328 g/mol. The molecule has 0 heterocycles. The van der Waals surface area contributed by atoms with E-state index in [4.69, 9.17) is 4.74 Å². The predicted octanol–water partition coefficient (Wildman–Crippen LogP) is 4.03. The van der Waals surface area contributed by atoms with Crippen molar-refractivity contribution >= 4 is 5.78 Å². The van der Waals surface area contributed by atoms with Gasteiger partial charge in [-0.2, -0.15) is 8.78 Å². The van der Waals surface area contributed by atoms with Crippen LogP contribution in [0.4, 0.5) is 17.6 Å². The molecule has 2 aromatic rings. The van der Waals surface area contributed by atoms with Crippen molar-refractivity contribution in [2.75, 3.05) is 7.11 Å². The zero-order valence-corrected chi connectivity index (χ0v) is 12.3. The van der Waals surface area contributed by atoms with E-state index in [1.807, 2.05) is 0 Å². The fraction of sp³-hybridized carbons (Fsp3) is 0.188. The third kappa shape index (κ3) is 3.28. The Balaban J connectivity index is 2.25. The van der Waals surface area contributed by atoms with Crippen molar-refractivity contribution in [3.8, 4) is 11.5 Å². The van der Waals surface area contributed by atoms with Crippen LogP contribution in [-0.4, -0.2) is 12.9 Å². The van der Waals surface area contributed by atoms with Crippen LogP contribution < -0.4 is 9.47 Å². The summed E-state index contributed by atoms with van der Waals surface area (Å²) in [6.07, 6.45) is 0. The van der Waals surface area contributed by atoms with Gasteiger partial charge in [0, 0.05) is 5.56 Å². The molecule has 0 fully saturated rings. The maximum Gasteiger partial charge on any atom is 0.204 e. The van der Waals surface area contributed by atoms with E-state index < -0.39 is 41.2 Å². The summed E-state index contributed by atoms with van der Waals surface area (Å²) < 4.78 is 64.1. The van der Waals surface area contributed by atoms with Crippen LogP contribution in [-0.2, 0) is 6.61 Å². The number of ether oxygens (including phenoxy) is 2. The summed E-state index contributed by atoms with van der Waals surface area (Å²) in [4.78, 5) is 11.1. The molecule has 3 nitrogen and oxygen atoms in total. The Bertz CT molecular complexity index is 713. The molecule has 0 bridgehead atoms. The van der Waals surface area contributed by atoms with Gasteiger partial charge in [0.05, 0.1) is 12.7 Å². The predicted molar refractivity (Wildman–Crippen MR) is 73.6 cm³/mol. The molecule has 0 aliphatic rings. The number of carbonyl (C=O) groups is 1. The zero-order chi connectivity index (χ0) is 17.1. The molecule has 2 aromatic carbocycles. The molecule has 0 radical (unpaired) electrons. The van der Waals surface area contributed by atoms with Crippen molar-refractivity contribution in [2.45, 2.75) is 13.5 Å². The van der Waals surface area contributed by atoms with E-state index in [1.165, 1.54) is 31.2 Å². The van der Waals surface area contributed by atoms with Gasteiger partial charge in [-0.15, -0.1) is 0 Å². The Labute approximate surface area is 129 Å². The molecule has 0 unspecified atom stereocenters. The summed E-state index contributed by atoms with van der Waals surface area (Å²) >= 11 is 0. The van der Waals surface area contributed by atoms with Crippen LogP contribution in [0.3, 0.4) is 0 Å². The fourth-order valence-corrected chi connectivity index (χ4v) is 1.90. The van der Waals surface area contributed by atoms with Crippen LogP contribution in [0.5, 0.6) is 11.5 Å². The lowest BCUT2D eigenvalue weighted by atomic mass is 10.1. The fourth-order valence-electron chi connectivity index (χ4n) is 1.90. The topological polar surface area (TPSA) is 35.5 Å². The first-order valence-corrected chi connectivity index (χ1v) is 6.49. The second-order valence-corrected chi connectivity index (χ2v) is 4.64. The highest BCUT2D eigenvalue weighted by Crippen LogP contribution is 2.30. The van der Waals surface area contributed by atoms with E-state index in [2.05, 4.69) is 4.74 Å². The van der Waals surface area contributed by atoms with Crippen LogP contribution in [0.25, 0.3) is 0 Å². The molecule has 0 saturated heterocycles.